The Labute approximate surface area is 131 Å². The second-order valence-electron chi connectivity index (χ2n) is 5.85. The molecule has 1 aromatic rings. The van der Waals surface area contributed by atoms with E-state index >= 15 is 0 Å². The van der Waals surface area contributed by atoms with Crippen LogP contribution in [0.4, 0.5) is 17.6 Å². The lowest BCUT2D eigenvalue weighted by Gasteiger charge is -2.31. The fourth-order valence-electron chi connectivity index (χ4n) is 3.30. The van der Waals surface area contributed by atoms with Crippen molar-refractivity contribution in [3.8, 4) is 0 Å². The highest BCUT2D eigenvalue weighted by Crippen LogP contribution is 2.39. The van der Waals surface area contributed by atoms with Crippen LogP contribution in [-0.2, 0) is 16.0 Å². The van der Waals surface area contributed by atoms with E-state index in [2.05, 4.69) is 4.74 Å². The normalized spacial score (nSPS) is 22.1. The molecule has 0 amide bonds. The van der Waals surface area contributed by atoms with Crippen LogP contribution in [0.1, 0.15) is 48.3 Å². The highest BCUT2D eigenvalue weighted by atomic mass is 19.4. The molecule has 1 aliphatic carbocycles. The van der Waals surface area contributed by atoms with Gasteiger partial charge in [-0.2, -0.15) is 0 Å². The first-order valence-corrected chi connectivity index (χ1v) is 7.41. The molecule has 0 aliphatic heterocycles. The van der Waals surface area contributed by atoms with Crippen molar-refractivity contribution >= 4 is 5.97 Å². The van der Waals surface area contributed by atoms with Crippen LogP contribution in [0, 0.1) is 12.7 Å². The van der Waals surface area contributed by atoms with E-state index in [1.807, 2.05) is 0 Å². The molecule has 3 nitrogen and oxygen atoms in total. The van der Waals surface area contributed by atoms with E-state index in [0.717, 1.165) is 0 Å². The summed E-state index contributed by atoms with van der Waals surface area (Å²) in [6, 6.07) is 2.68. The second-order valence-corrected chi connectivity index (χ2v) is 5.85. The van der Waals surface area contributed by atoms with E-state index in [0.29, 0.717) is 29.5 Å². The summed E-state index contributed by atoms with van der Waals surface area (Å²) in [6.45, 7) is 1.58. The molecule has 0 saturated heterocycles. The molecule has 128 valence electrons. The molecule has 0 aromatic heterocycles. The third-order valence-electron chi connectivity index (χ3n) is 4.26. The van der Waals surface area contributed by atoms with Crippen molar-refractivity contribution in [2.24, 2.45) is 0 Å². The zero-order valence-electron chi connectivity index (χ0n) is 12.6. The smallest absolute Gasteiger partial charge is 0.481 e. The number of aliphatic carboxylic acids is 1. The topological polar surface area (TPSA) is 46.5 Å². The van der Waals surface area contributed by atoms with Gasteiger partial charge in [-0.3, -0.25) is 9.53 Å². The summed E-state index contributed by atoms with van der Waals surface area (Å²) in [5, 5.41) is 8.98. The number of hydrogen-bond donors (Lipinski definition) is 1. The summed E-state index contributed by atoms with van der Waals surface area (Å²) < 4.78 is 54.6. The Morgan fingerprint density at radius 1 is 1.26 bits per heavy atom. The molecule has 1 aromatic carbocycles. The van der Waals surface area contributed by atoms with Gasteiger partial charge in [0.2, 0.25) is 0 Å². The zero-order valence-corrected chi connectivity index (χ0v) is 12.6. The predicted octanol–water partition coefficient (Wildman–Crippen LogP) is 4.32. The molecule has 7 heteroatoms. The van der Waals surface area contributed by atoms with E-state index in [1.165, 1.54) is 12.1 Å². The number of carboxylic acids is 1. The first-order valence-electron chi connectivity index (χ1n) is 7.41. The number of alkyl halides is 3. The van der Waals surface area contributed by atoms with Gasteiger partial charge in [0.1, 0.15) is 5.82 Å². The number of carbonyl (C=O) groups is 1. The van der Waals surface area contributed by atoms with Gasteiger partial charge in [0, 0.05) is 0 Å². The standard InChI is InChI=1S/C16H18F4O3/c1-9-13(17)7-4-11(8-14(21)22)15(9)10-2-5-12(6-3-10)23-16(18,19)20/h4,7,10,12H,2-3,5-6,8H2,1H3,(H,21,22). The van der Waals surface area contributed by atoms with E-state index in [4.69, 9.17) is 5.11 Å². The van der Waals surface area contributed by atoms with Crippen LogP contribution < -0.4 is 0 Å². The summed E-state index contributed by atoms with van der Waals surface area (Å²) in [4.78, 5) is 11.0. The Balaban J connectivity index is 2.16. The Bertz CT molecular complexity index is 575. The van der Waals surface area contributed by atoms with Crippen molar-refractivity contribution in [1.29, 1.82) is 0 Å². The lowest BCUT2D eigenvalue weighted by atomic mass is 9.78. The molecule has 2 rings (SSSR count). The quantitative estimate of drug-likeness (QED) is 0.834. The molecular weight excluding hydrogens is 316 g/mol. The van der Waals surface area contributed by atoms with Crippen LogP contribution >= 0.6 is 0 Å². The average Bonchev–Trinajstić information content (AvgIpc) is 2.42. The highest BCUT2D eigenvalue weighted by molar-refractivity contribution is 5.71. The van der Waals surface area contributed by atoms with E-state index in [1.54, 1.807) is 6.92 Å². The molecule has 0 bridgehead atoms. The van der Waals surface area contributed by atoms with Gasteiger partial charge < -0.3 is 5.11 Å². The average molecular weight is 334 g/mol. The van der Waals surface area contributed by atoms with Crippen molar-refractivity contribution in [3.05, 3.63) is 34.6 Å². The van der Waals surface area contributed by atoms with Crippen LogP contribution in [0.2, 0.25) is 0 Å². The molecule has 0 spiro atoms. The number of carboxylic acid groups (broad SMARTS) is 1. The number of halogens is 4. The van der Waals surface area contributed by atoms with Gasteiger partial charge in [-0.25, -0.2) is 4.39 Å². The van der Waals surface area contributed by atoms with Crippen molar-refractivity contribution in [2.75, 3.05) is 0 Å². The first-order chi connectivity index (χ1) is 10.7. The number of rotatable bonds is 4. The minimum absolute atomic E-state index is 0.145. The van der Waals surface area contributed by atoms with Crippen molar-refractivity contribution < 1.29 is 32.2 Å². The summed E-state index contributed by atoms with van der Waals surface area (Å²) >= 11 is 0. The molecule has 0 radical (unpaired) electrons. The van der Waals surface area contributed by atoms with Crippen molar-refractivity contribution in [1.82, 2.24) is 0 Å². The molecule has 1 aliphatic rings. The summed E-state index contributed by atoms with van der Waals surface area (Å²) in [7, 11) is 0. The van der Waals surface area contributed by atoms with Crippen LogP contribution in [-0.4, -0.2) is 23.5 Å². The molecular formula is C16H18F4O3. The van der Waals surface area contributed by atoms with Gasteiger partial charge in [0.05, 0.1) is 12.5 Å². The SMILES string of the molecule is Cc1c(F)ccc(CC(=O)O)c1C1CCC(OC(F)(F)F)CC1. The van der Waals surface area contributed by atoms with Gasteiger partial charge >= 0.3 is 12.3 Å². The molecule has 1 N–H and O–H groups in total. The minimum atomic E-state index is -4.65. The fourth-order valence-corrected chi connectivity index (χ4v) is 3.30. The van der Waals surface area contributed by atoms with Crippen molar-refractivity contribution in [2.45, 2.75) is 57.4 Å². The maximum atomic E-state index is 13.8. The fraction of sp³-hybridized carbons (Fsp3) is 0.562. The second kappa shape index (κ2) is 6.86. The van der Waals surface area contributed by atoms with Gasteiger partial charge in [0.25, 0.3) is 0 Å². The lowest BCUT2D eigenvalue weighted by molar-refractivity contribution is -0.345. The monoisotopic (exact) mass is 334 g/mol. The van der Waals surface area contributed by atoms with E-state index < -0.39 is 24.3 Å². The minimum Gasteiger partial charge on any atom is -0.481 e. The number of ether oxygens (including phenoxy) is 1. The van der Waals surface area contributed by atoms with Gasteiger partial charge in [0.15, 0.2) is 0 Å². The Morgan fingerprint density at radius 3 is 2.39 bits per heavy atom. The highest BCUT2D eigenvalue weighted by Gasteiger charge is 2.36. The molecule has 0 unspecified atom stereocenters. The van der Waals surface area contributed by atoms with Gasteiger partial charge in [-0.1, -0.05) is 6.07 Å². The number of benzene rings is 1. The molecule has 0 atom stereocenters. The largest absolute Gasteiger partial charge is 0.522 e. The van der Waals surface area contributed by atoms with Crippen LogP contribution in [0.15, 0.2) is 12.1 Å². The Kier molecular flexibility index (Phi) is 5.29. The molecule has 23 heavy (non-hydrogen) atoms. The Hall–Kier alpha value is -1.63. The van der Waals surface area contributed by atoms with Gasteiger partial charge in [-0.05, 0) is 61.3 Å². The summed E-state index contributed by atoms with van der Waals surface area (Å²) in [5.74, 6) is -1.60. The summed E-state index contributed by atoms with van der Waals surface area (Å²) in [6.07, 6.45) is -4.51. The predicted molar refractivity (Wildman–Crippen MR) is 74.6 cm³/mol. The Morgan fingerprint density at radius 2 is 1.87 bits per heavy atom. The molecule has 1 saturated carbocycles. The van der Waals surface area contributed by atoms with E-state index in [-0.39, 0.29) is 25.2 Å². The zero-order chi connectivity index (χ0) is 17.2. The molecule has 0 heterocycles. The van der Waals surface area contributed by atoms with Crippen LogP contribution in [0.25, 0.3) is 0 Å². The third kappa shape index (κ3) is 4.67. The van der Waals surface area contributed by atoms with Crippen LogP contribution in [0.3, 0.4) is 0 Å². The third-order valence-corrected chi connectivity index (χ3v) is 4.26. The van der Waals surface area contributed by atoms with Gasteiger partial charge in [-0.15, -0.1) is 13.2 Å². The first kappa shape index (κ1) is 17.7. The lowest BCUT2D eigenvalue weighted by Crippen LogP contribution is -2.28. The number of hydrogen-bond acceptors (Lipinski definition) is 2. The maximum Gasteiger partial charge on any atom is 0.522 e. The maximum absolute atomic E-state index is 13.8. The van der Waals surface area contributed by atoms with E-state index in [9.17, 15) is 22.4 Å². The van der Waals surface area contributed by atoms with Crippen molar-refractivity contribution in [3.63, 3.8) is 0 Å². The van der Waals surface area contributed by atoms with Crippen LogP contribution in [0.5, 0.6) is 0 Å². The summed E-state index contributed by atoms with van der Waals surface area (Å²) in [5.41, 5.74) is 1.53. The molecule has 1 fully saturated rings.